The van der Waals surface area contributed by atoms with Gasteiger partial charge in [-0.1, -0.05) is 13.8 Å². The lowest BCUT2D eigenvalue weighted by atomic mass is 9.82. The van der Waals surface area contributed by atoms with Crippen LogP contribution in [0.1, 0.15) is 26.7 Å². The van der Waals surface area contributed by atoms with Gasteiger partial charge in [0, 0.05) is 0 Å². The fourth-order valence-corrected chi connectivity index (χ4v) is 3.22. The lowest BCUT2D eigenvalue weighted by molar-refractivity contribution is -0.403. The van der Waals surface area contributed by atoms with Gasteiger partial charge in [-0.05, 0) is 12.8 Å². The fraction of sp³-hybridized carbons (Fsp3) is 1.00. The Balaban J connectivity index is 2.33. The summed E-state index contributed by atoms with van der Waals surface area (Å²) in [4.78, 5) is 0. The van der Waals surface area contributed by atoms with Crippen LogP contribution in [0.3, 0.4) is 0 Å². The van der Waals surface area contributed by atoms with Gasteiger partial charge in [-0.3, -0.25) is 0 Å². The van der Waals surface area contributed by atoms with Gasteiger partial charge in [0.05, 0.1) is 12.2 Å². The minimum Gasteiger partial charge on any atom is -0.388 e. The number of hydrogen-bond donors (Lipinski definition) is 7. The van der Waals surface area contributed by atoms with Crippen molar-refractivity contribution < 1.29 is 45.2 Å². The monoisotopic (exact) mass is 338 g/mol. The van der Waals surface area contributed by atoms with E-state index in [1.165, 1.54) is 0 Å². The van der Waals surface area contributed by atoms with Crippen LogP contribution >= 0.6 is 0 Å². The first-order valence-corrected chi connectivity index (χ1v) is 7.83. The Hall–Kier alpha value is -0.360. The molecule has 0 aromatic rings. The molecule has 10 unspecified atom stereocenters. The average molecular weight is 338 g/mol. The van der Waals surface area contributed by atoms with Gasteiger partial charge in [0.1, 0.15) is 42.7 Å². The Kier molecular flexibility index (Phi) is 5.66. The van der Waals surface area contributed by atoms with Crippen molar-refractivity contribution in [2.75, 3.05) is 0 Å². The second kappa shape index (κ2) is 6.87. The predicted octanol–water partition coefficient (Wildman–Crippen LogP) is -3.17. The quantitative estimate of drug-likeness (QED) is 0.281. The van der Waals surface area contributed by atoms with Crippen molar-refractivity contribution in [2.24, 2.45) is 0 Å². The molecule has 2 fully saturated rings. The standard InChI is InChI=1S/C14H26O9/c1-3-5-7(15)9(17)11(19)13(22-5)14(21)12(20)10(18)8(16)6(4-2)23-14/h5-13,15-21H,3-4H2,1-2H3. The molecule has 2 aliphatic rings. The first-order valence-electron chi connectivity index (χ1n) is 7.83. The third kappa shape index (κ3) is 3.01. The molecule has 9 nitrogen and oxygen atoms in total. The molecule has 136 valence electrons. The van der Waals surface area contributed by atoms with Crippen molar-refractivity contribution >= 4 is 0 Å². The highest BCUT2D eigenvalue weighted by molar-refractivity contribution is 5.05. The van der Waals surface area contributed by atoms with E-state index in [9.17, 15) is 35.7 Å². The Morgan fingerprint density at radius 1 is 0.739 bits per heavy atom. The number of ether oxygens (including phenoxy) is 2. The fourth-order valence-electron chi connectivity index (χ4n) is 3.22. The molecule has 10 atom stereocenters. The Bertz CT molecular complexity index is 404. The van der Waals surface area contributed by atoms with Crippen molar-refractivity contribution in [1.29, 1.82) is 0 Å². The Morgan fingerprint density at radius 3 is 1.78 bits per heavy atom. The molecule has 0 aliphatic carbocycles. The van der Waals surface area contributed by atoms with Crippen LogP contribution in [-0.2, 0) is 9.47 Å². The molecule has 0 aromatic heterocycles. The van der Waals surface area contributed by atoms with Crippen LogP contribution in [0.15, 0.2) is 0 Å². The third-order valence-electron chi connectivity index (χ3n) is 4.74. The molecule has 2 heterocycles. The maximum atomic E-state index is 10.7. The molecule has 0 bridgehead atoms. The van der Waals surface area contributed by atoms with E-state index in [1.54, 1.807) is 13.8 Å². The molecule has 2 aliphatic heterocycles. The van der Waals surface area contributed by atoms with Gasteiger partial charge in [0.25, 0.3) is 0 Å². The van der Waals surface area contributed by atoms with Crippen molar-refractivity contribution in [3.05, 3.63) is 0 Å². The second-order valence-corrected chi connectivity index (χ2v) is 6.22. The van der Waals surface area contributed by atoms with Crippen molar-refractivity contribution in [3.63, 3.8) is 0 Å². The summed E-state index contributed by atoms with van der Waals surface area (Å²) in [5.41, 5.74) is 0. The summed E-state index contributed by atoms with van der Waals surface area (Å²) in [5, 5.41) is 70.6. The summed E-state index contributed by atoms with van der Waals surface area (Å²) in [5.74, 6) is -2.55. The van der Waals surface area contributed by atoms with E-state index in [2.05, 4.69) is 0 Å². The number of aliphatic hydroxyl groups is 7. The Labute approximate surface area is 133 Å². The third-order valence-corrected chi connectivity index (χ3v) is 4.74. The molecule has 7 N–H and O–H groups in total. The molecule has 0 aromatic carbocycles. The molecule has 0 saturated carbocycles. The summed E-state index contributed by atoms with van der Waals surface area (Å²) >= 11 is 0. The van der Waals surface area contributed by atoms with Crippen LogP contribution in [-0.4, -0.2) is 96.5 Å². The lowest BCUT2D eigenvalue weighted by Crippen LogP contribution is -2.74. The largest absolute Gasteiger partial charge is 0.388 e. The zero-order chi connectivity index (χ0) is 17.5. The number of aliphatic hydroxyl groups excluding tert-OH is 6. The minimum absolute atomic E-state index is 0.221. The molecule has 23 heavy (non-hydrogen) atoms. The van der Waals surface area contributed by atoms with Crippen LogP contribution in [0.25, 0.3) is 0 Å². The minimum atomic E-state index is -2.55. The van der Waals surface area contributed by atoms with Crippen LogP contribution in [0.2, 0.25) is 0 Å². The predicted molar refractivity (Wildman–Crippen MR) is 75.1 cm³/mol. The summed E-state index contributed by atoms with van der Waals surface area (Å²) in [6, 6.07) is 0. The van der Waals surface area contributed by atoms with Crippen LogP contribution in [0.4, 0.5) is 0 Å². The molecule has 0 radical (unpaired) electrons. The van der Waals surface area contributed by atoms with Crippen molar-refractivity contribution in [2.45, 2.75) is 87.4 Å². The molecule has 0 spiro atoms. The summed E-state index contributed by atoms with van der Waals surface area (Å²) in [6.45, 7) is 3.31. The molecule has 0 amide bonds. The van der Waals surface area contributed by atoms with E-state index in [1.807, 2.05) is 0 Å². The number of hydrogen-bond acceptors (Lipinski definition) is 9. The van der Waals surface area contributed by atoms with E-state index in [4.69, 9.17) is 9.47 Å². The van der Waals surface area contributed by atoms with Gasteiger partial charge in [0.15, 0.2) is 0 Å². The second-order valence-electron chi connectivity index (χ2n) is 6.22. The first-order chi connectivity index (χ1) is 10.7. The van der Waals surface area contributed by atoms with Gasteiger partial charge in [-0.15, -0.1) is 0 Å². The topological polar surface area (TPSA) is 160 Å². The van der Waals surface area contributed by atoms with Crippen molar-refractivity contribution in [3.8, 4) is 0 Å². The highest BCUT2D eigenvalue weighted by atomic mass is 16.7. The SMILES string of the molecule is CCC1OC(C2(O)OC(CC)C(O)C(O)C2O)C(O)C(O)C1O. The van der Waals surface area contributed by atoms with Gasteiger partial charge < -0.3 is 45.2 Å². The number of rotatable bonds is 3. The average Bonchev–Trinajstić information content (AvgIpc) is 2.54. The van der Waals surface area contributed by atoms with E-state index in [0.717, 1.165) is 0 Å². The molecule has 2 saturated heterocycles. The summed E-state index contributed by atoms with van der Waals surface area (Å²) in [6.07, 6.45) is -12.9. The maximum Gasteiger partial charge on any atom is 0.225 e. The van der Waals surface area contributed by atoms with E-state index in [0.29, 0.717) is 0 Å². The van der Waals surface area contributed by atoms with Crippen molar-refractivity contribution in [1.82, 2.24) is 0 Å². The smallest absolute Gasteiger partial charge is 0.225 e. The van der Waals surface area contributed by atoms with Crippen LogP contribution in [0.5, 0.6) is 0 Å². The van der Waals surface area contributed by atoms with Gasteiger partial charge >= 0.3 is 0 Å². The van der Waals surface area contributed by atoms with Gasteiger partial charge in [0.2, 0.25) is 5.79 Å². The lowest BCUT2D eigenvalue weighted by Gasteiger charge is -2.52. The summed E-state index contributed by atoms with van der Waals surface area (Å²) < 4.78 is 10.8. The van der Waals surface area contributed by atoms with Crippen LogP contribution < -0.4 is 0 Å². The molecule has 2 rings (SSSR count). The van der Waals surface area contributed by atoms with Crippen LogP contribution in [0, 0.1) is 0 Å². The van der Waals surface area contributed by atoms with E-state index in [-0.39, 0.29) is 12.8 Å². The Morgan fingerprint density at radius 2 is 1.26 bits per heavy atom. The van der Waals surface area contributed by atoms with Gasteiger partial charge in [-0.2, -0.15) is 0 Å². The van der Waals surface area contributed by atoms with Gasteiger partial charge in [-0.25, -0.2) is 0 Å². The normalized spacial score (nSPS) is 54.9. The van der Waals surface area contributed by atoms with E-state index >= 15 is 0 Å². The highest BCUT2D eigenvalue weighted by Gasteiger charge is 2.62. The van der Waals surface area contributed by atoms with E-state index < -0.39 is 60.7 Å². The highest BCUT2D eigenvalue weighted by Crippen LogP contribution is 2.38. The molecule has 9 heteroatoms. The first kappa shape index (κ1) is 19.0. The zero-order valence-corrected chi connectivity index (χ0v) is 13.1. The molecular weight excluding hydrogens is 312 g/mol. The summed E-state index contributed by atoms with van der Waals surface area (Å²) in [7, 11) is 0. The maximum absolute atomic E-state index is 10.7. The molecular formula is C14H26O9. The zero-order valence-electron chi connectivity index (χ0n) is 13.1.